The molecular formula is C21H31N9O2S2. The molecule has 5 rings (SSSR count). The van der Waals surface area contributed by atoms with E-state index in [4.69, 9.17) is 24.2 Å². The Morgan fingerprint density at radius 3 is 2.41 bits per heavy atom. The molecule has 2 aliphatic rings. The summed E-state index contributed by atoms with van der Waals surface area (Å²) in [4.78, 5) is 31.1. The minimum atomic E-state index is 0.636. The molecule has 0 amide bonds. The van der Waals surface area contributed by atoms with Gasteiger partial charge >= 0.3 is 0 Å². The predicted octanol–water partition coefficient (Wildman–Crippen LogP) is 1.67. The van der Waals surface area contributed by atoms with Crippen LogP contribution in [0.2, 0.25) is 0 Å². The average molecular weight is 506 g/mol. The van der Waals surface area contributed by atoms with Gasteiger partial charge in [0.05, 0.1) is 25.3 Å². The summed E-state index contributed by atoms with van der Waals surface area (Å²) in [6.07, 6.45) is 5.17. The topological polar surface area (TPSA) is 116 Å². The van der Waals surface area contributed by atoms with Crippen LogP contribution in [0.5, 0.6) is 0 Å². The van der Waals surface area contributed by atoms with E-state index in [-0.39, 0.29) is 0 Å². The first-order chi connectivity index (χ1) is 16.6. The fraction of sp³-hybridized carbons (Fsp3) is 0.571. The number of nitrogens with zero attached hydrogens (tertiary/aromatic N) is 8. The van der Waals surface area contributed by atoms with Crippen LogP contribution in [0.1, 0.15) is 5.01 Å². The van der Waals surface area contributed by atoms with Gasteiger partial charge in [-0.05, 0) is 12.0 Å². The predicted molar refractivity (Wildman–Crippen MR) is 138 cm³/mol. The van der Waals surface area contributed by atoms with Crippen LogP contribution >= 0.6 is 23.4 Å². The molecule has 11 nitrogen and oxygen atoms in total. The van der Waals surface area contributed by atoms with Crippen molar-refractivity contribution < 1.29 is 9.29 Å². The maximum atomic E-state index is 7.49. The molecule has 0 atom stereocenters. The molecule has 2 saturated heterocycles. The highest BCUT2D eigenvalue weighted by Gasteiger charge is 2.22. The molecule has 5 heterocycles. The zero-order valence-electron chi connectivity index (χ0n) is 19.8. The number of ether oxygens (including phenoxy) is 1. The SMILES string of the molecule is CN(C)c1ncc(-c2nc(N3CCOCC3)c3nc(CN4CCNCC4)sc3n2)cn1.CSO. The summed E-state index contributed by atoms with van der Waals surface area (Å²) < 4.78 is 13.0. The average Bonchev–Trinajstić information content (AvgIpc) is 3.27. The van der Waals surface area contributed by atoms with Crippen LogP contribution in [0.4, 0.5) is 11.8 Å². The third-order valence-electron chi connectivity index (χ3n) is 5.46. The fourth-order valence-electron chi connectivity index (χ4n) is 3.77. The van der Waals surface area contributed by atoms with Gasteiger partial charge in [0.15, 0.2) is 11.6 Å². The number of hydrogen-bond donors (Lipinski definition) is 2. The van der Waals surface area contributed by atoms with Gasteiger partial charge in [0, 0.05) is 72.0 Å². The van der Waals surface area contributed by atoms with Crippen molar-refractivity contribution in [3.05, 3.63) is 17.4 Å². The van der Waals surface area contributed by atoms with E-state index in [1.54, 1.807) is 30.0 Å². The van der Waals surface area contributed by atoms with Crippen LogP contribution in [0.25, 0.3) is 21.7 Å². The van der Waals surface area contributed by atoms with Gasteiger partial charge in [-0.1, -0.05) is 11.3 Å². The standard InChI is InChI=1S/C20H27N9OS.CH4OS/c1-27(2)20-22-11-14(12-23-20)17-25-18(29-7-9-30-10-8-29)16-19(26-17)31-15(24-16)13-28-5-3-21-4-6-28;1-3-2/h11-12,21H,3-10,13H2,1-2H3;2H,1H3. The summed E-state index contributed by atoms with van der Waals surface area (Å²) in [5, 5.41) is 4.48. The largest absolute Gasteiger partial charge is 0.378 e. The summed E-state index contributed by atoms with van der Waals surface area (Å²) in [7, 11) is 3.84. The quantitative estimate of drug-likeness (QED) is 0.491. The van der Waals surface area contributed by atoms with Crippen LogP contribution in [0, 0.1) is 0 Å². The number of aromatic nitrogens is 5. The Balaban J connectivity index is 0.000000868. The van der Waals surface area contributed by atoms with Crippen LogP contribution in [0.15, 0.2) is 12.4 Å². The van der Waals surface area contributed by atoms with Crippen LogP contribution in [-0.2, 0) is 11.3 Å². The van der Waals surface area contributed by atoms with E-state index < -0.39 is 0 Å². The molecule has 184 valence electrons. The second kappa shape index (κ2) is 12.0. The Morgan fingerprint density at radius 1 is 1.09 bits per heavy atom. The molecular weight excluding hydrogens is 474 g/mol. The number of fused-ring (bicyclic) bond motifs is 1. The number of anilines is 2. The van der Waals surface area contributed by atoms with Crippen LogP contribution in [0.3, 0.4) is 0 Å². The van der Waals surface area contributed by atoms with Crippen molar-refractivity contribution in [1.29, 1.82) is 0 Å². The molecule has 34 heavy (non-hydrogen) atoms. The minimum Gasteiger partial charge on any atom is -0.378 e. The maximum Gasteiger partial charge on any atom is 0.224 e. The zero-order chi connectivity index (χ0) is 23.9. The van der Waals surface area contributed by atoms with Crippen molar-refractivity contribution in [1.82, 2.24) is 35.1 Å². The number of nitrogens with one attached hydrogen (secondary N) is 1. The monoisotopic (exact) mass is 505 g/mol. The van der Waals surface area contributed by atoms with Crippen molar-refractivity contribution >= 4 is 45.5 Å². The number of piperazine rings is 1. The van der Waals surface area contributed by atoms with Gasteiger partial charge in [-0.25, -0.2) is 24.9 Å². The molecule has 2 fully saturated rings. The Bertz CT molecular complexity index is 1050. The number of thiazole rings is 1. The first-order valence-electron chi connectivity index (χ1n) is 11.2. The first-order valence-corrected chi connectivity index (χ1v) is 13.2. The summed E-state index contributed by atoms with van der Waals surface area (Å²) in [6, 6.07) is 0. The van der Waals surface area contributed by atoms with Gasteiger partial charge in [0.2, 0.25) is 5.95 Å². The van der Waals surface area contributed by atoms with Crippen molar-refractivity contribution in [2.75, 3.05) is 82.6 Å². The van der Waals surface area contributed by atoms with Gasteiger partial charge < -0.3 is 24.4 Å². The van der Waals surface area contributed by atoms with Gasteiger partial charge in [0.1, 0.15) is 15.4 Å². The molecule has 13 heteroatoms. The van der Waals surface area contributed by atoms with E-state index in [0.717, 1.165) is 84.6 Å². The zero-order valence-corrected chi connectivity index (χ0v) is 21.4. The van der Waals surface area contributed by atoms with E-state index in [1.807, 2.05) is 19.0 Å². The lowest BCUT2D eigenvalue weighted by Crippen LogP contribution is -2.42. The van der Waals surface area contributed by atoms with E-state index in [2.05, 4.69) is 25.1 Å². The lowest BCUT2D eigenvalue weighted by atomic mass is 10.3. The second-order valence-corrected chi connectivity index (χ2v) is 9.53. The number of hydrogen-bond acceptors (Lipinski definition) is 13. The molecule has 0 aromatic carbocycles. The number of morpholine rings is 1. The molecule has 0 aliphatic carbocycles. The van der Waals surface area contributed by atoms with Crippen LogP contribution < -0.4 is 15.1 Å². The normalized spacial score (nSPS) is 16.9. The summed E-state index contributed by atoms with van der Waals surface area (Å²) in [6.45, 7) is 7.96. The molecule has 0 spiro atoms. The third kappa shape index (κ3) is 6.09. The molecule has 0 radical (unpaired) electrons. The lowest BCUT2D eigenvalue weighted by molar-refractivity contribution is 0.122. The minimum absolute atomic E-state index is 0.636. The highest BCUT2D eigenvalue weighted by atomic mass is 32.2. The second-order valence-electron chi connectivity index (χ2n) is 8.11. The highest BCUT2D eigenvalue weighted by Crippen LogP contribution is 2.31. The molecule has 3 aromatic rings. The van der Waals surface area contributed by atoms with E-state index in [9.17, 15) is 0 Å². The fourth-order valence-corrected chi connectivity index (χ4v) is 4.74. The lowest BCUT2D eigenvalue weighted by Gasteiger charge is -2.28. The summed E-state index contributed by atoms with van der Waals surface area (Å²) in [5.41, 5.74) is 1.69. The molecule has 0 bridgehead atoms. The molecule has 2 N–H and O–H groups in total. The third-order valence-corrected chi connectivity index (χ3v) is 6.39. The highest BCUT2D eigenvalue weighted by molar-refractivity contribution is 7.93. The Morgan fingerprint density at radius 2 is 1.76 bits per heavy atom. The van der Waals surface area contributed by atoms with Gasteiger partial charge in [-0.3, -0.25) is 4.90 Å². The Hall–Kier alpha value is -2.16. The van der Waals surface area contributed by atoms with Gasteiger partial charge in [-0.15, -0.1) is 0 Å². The van der Waals surface area contributed by atoms with Crippen molar-refractivity contribution in [2.24, 2.45) is 0 Å². The smallest absolute Gasteiger partial charge is 0.224 e. The van der Waals surface area contributed by atoms with Crippen molar-refractivity contribution in [2.45, 2.75) is 6.54 Å². The maximum absolute atomic E-state index is 7.49. The van der Waals surface area contributed by atoms with Crippen LogP contribution in [-0.4, -0.2) is 107 Å². The summed E-state index contributed by atoms with van der Waals surface area (Å²) in [5.74, 6) is 2.17. The Kier molecular flexibility index (Phi) is 8.80. The van der Waals surface area contributed by atoms with E-state index >= 15 is 0 Å². The van der Waals surface area contributed by atoms with Crippen molar-refractivity contribution in [3.63, 3.8) is 0 Å². The molecule has 0 saturated carbocycles. The molecule has 3 aromatic heterocycles. The number of rotatable bonds is 5. The van der Waals surface area contributed by atoms with E-state index in [1.165, 1.54) is 0 Å². The molecule has 0 unspecified atom stereocenters. The van der Waals surface area contributed by atoms with Crippen molar-refractivity contribution in [3.8, 4) is 11.4 Å². The summed E-state index contributed by atoms with van der Waals surface area (Å²) >= 11 is 2.40. The first kappa shape index (κ1) is 24.9. The molecule has 2 aliphatic heterocycles. The van der Waals surface area contributed by atoms with E-state index in [0.29, 0.717) is 25.0 Å². The van der Waals surface area contributed by atoms with Gasteiger partial charge in [0.25, 0.3) is 0 Å². The van der Waals surface area contributed by atoms with Gasteiger partial charge in [-0.2, -0.15) is 0 Å². The Labute approximate surface area is 207 Å².